The fourth-order valence-corrected chi connectivity index (χ4v) is 0.966. The monoisotopic (exact) mass is 205 g/mol. The molecule has 0 amide bonds. The molecule has 0 bridgehead atoms. The van der Waals surface area contributed by atoms with Crippen molar-refractivity contribution in [3.05, 3.63) is 17.8 Å². The van der Waals surface area contributed by atoms with Gasteiger partial charge in [0.25, 0.3) is 0 Å². The van der Waals surface area contributed by atoms with Gasteiger partial charge in [-0.15, -0.1) is 0 Å². The summed E-state index contributed by atoms with van der Waals surface area (Å²) >= 11 is 0. The highest BCUT2D eigenvalue weighted by atomic mass is 19.4. The Morgan fingerprint density at radius 1 is 1.50 bits per heavy atom. The molecule has 14 heavy (non-hydrogen) atoms. The van der Waals surface area contributed by atoms with Crippen LogP contribution in [-0.4, -0.2) is 17.7 Å². The molecule has 0 aromatic carbocycles. The molecule has 1 aromatic heterocycles. The van der Waals surface area contributed by atoms with Gasteiger partial charge in [-0.25, -0.2) is 4.98 Å². The molecule has 0 radical (unpaired) electrons. The zero-order chi connectivity index (χ0) is 10.8. The number of aryl methyl sites for hydroxylation is 1. The molecule has 1 rings (SSSR count). The Labute approximate surface area is 79.1 Å². The van der Waals surface area contributed by atoms with Crippen LogP contribution in [0, 0.1) is 6.92 Å². The summed E-state index contributed by atoms with van der Waals surface area (Å²) in [6, 6.07) is 1.56. The minimum absolute atomic E-state index is 0.205. The van der Waals surface area contributed by atoms with Crippen LogP contribution in [0.5, 0.6) is 0 Å². The Morgan fingerprint density at radius 2 is 2.14 bits per heavy atom. The van der Waals surface area contributed by atoms with Crippen molar-refractivity contribution in [3.8, 4) is 0 Å². The van der Waals surface area contributed by atoms with Crippen molar-refractivity contribution in [2.24, 2.45) is 0 Å². The smallest absolute Gasteiger partial charge is 0.397 e. The molecule has 0 fully saturated rings. The summed E-state index contributed by atoms with van der Waals surface area (Å²) in [5.41, 5.74) is 6.42. The van der Waals surface area contributed by atoms with E-state index in [1.54, 1.807) is 13.0 Å². The van der Waals surface area contributed by atoms with Crippen LogP contribution in [-0.2, 0) is 0 Å². The Hall–Kier alpha value is -1.46. The highest BCUT2D eigenvalue weighted by molar-refractivity contribution is 5.50. The van der Waals surface area contributed by atoms with Crippen LogP contribution in [0.2, 0.25) is 0 Å². The van der Waals surface area contributed by atoms with Gasteiger partial charge in [-0.2, -0.15) is 13.2 Å². The lowest BCUT2D eigenvalue weighted by Crippen LogP contribution is -2.22. The molecule has 0 saturated heterocycles. The van der Waals surface area contributed by atoms with Crippen LogP contribution in [0.3, 0.4) is 0 Å². The van der Waals surface area contributed by atoms with E-state index in [0.29, 0.717) is 11.3 Å². The van der Waals surface area contributed by atoms with E-state index in [1.165, 1.54) is 6.20 Å². The summed E-state index contributed by atoms with van der Waals surface area (Å²) < 4.78 is 35.5. The quantitative estimate of drug-likeness (QED) is 0.775. The van der Waals surface area contributed by atoms with Crippen molar-refractivity contribution in [1.82, 2.24) is 4.98 Å². The maximum atomic E-state index is 11.8. The molecule has 6 heteroatoms. The van der Waals surface area contributed by atoms with Crippen LogP contribution in [0.1, 0.15) is 5.56 Å². The Bertz CT molecular complexity index is 322. The second-order valence-corrected chi connectivity index (χ2v) is 2.90. The van der Waals surface area contributed by atoms with E-state index < -0.39 is 12.7 Å². The van der Waals surface area contributed by atoms with Gasteiger partial charge in [-0.1, -0.05) is 0 Å². The van der Waals surface area contributed by atoms with Crippen LogP contribution in [0.15, 0.2) is 12.3 Å². The predicted octanol–water partition coefficient (Wildman–Crippen LogP) is 1.95. The Morgan fingerprint density at radius 3 is 2.64 bits per heavy atom. The molecule has 0 aliphatic carbocycles. The molecule has 3 N–H and O–H groups in total. The maximum absolute atomic E-state index is 11.8. The summed E-state index contributed by atoms with van der Waals surface area (Å²) in [7, 11) is 0. The molecule has 1 aromatic rings. The first-order chi connectivity index (χ1) is 6.38. The minimum Gasteiger partial charge on any atom is -0.397 e. The minimum atomic E-state index is -4.24. The zero-order valence-corrected chi connectivity index (χ0v) is 7.52. The van der Waals surface area contributed by atoms with Crippen LogP contribution in [0.4, 0.5) is 24.7 Å². The van der Waals surface area contributed by atoms with E-state index in [-0.39, 0.29) is 5.82 Å². The van der Waals surface area contributed by atoms with Gasteiger partial charge in [0, 0.05) is 0 Å². The highest BCUT2D eigenvalue weighted by Crippen LogP contribution is 2.18. The number of aromatic nitrogens is 1. The third-order valence-corrected chi connectivity index (χ3v) is 1.56. The number of nitrogens with one attached hydrogen (secondary N) is 1. The molecule has 0 saturated carbocycles. The molecule has 0 aliphatic rings. The van der Waals surface area contributed by atoms with E-state index in [0.717, 1.165) is 0 Å². The highest BCUT2D eigenvalue weighted by Gasteiger charge is 2.26. The first-order valence-electron chi connectivity index (χ1n) is 3.91. The van der Waals surface area contributed by atoms with Crippen molar-refractivity contribution in [3.63, 3.8) is 0 Å². The second kappa shape index (κ2) is 3.73. The molecule has 0 spiro atoms. The van der Waals surface area contributed by atoms with E-state index in [1.807, 2.05) is 0 Å². The molecule has 0 aliphatic heterocycles. The fraction of sp³-hybridized carbons (Fsp3) is 0.375. The normalized spacial score (nSPS) is 11.4. The van der Waals surface area contributed by atoms with Gasteiger partial charge in [0.15, 0.2) is 0 Å². The van der Waals surface area contributed by atoms with E-state index in [9.17, 15) is 13.2 Å². The summed E-state index contributed by atoms with van der Waals surface area (Å²) in [4.78, 5) is 3.74. The van der Waals surface area contributed by atoms with Crippen molar-refractivity contribution >= 4 is 11.5 Å². The number of anilines is 2. The summed E-state index contributed by atoms with van der Waals surface area (Å²) in [6.45, 7) is 0.548. The molecule has 78 valence electrons. The first kappa shape index (κ1) is 10.6. The summed E-state index contributed by atoms with van der Waals surface area (Å²) in [5.74, 6) is 0.205. The molecular weight excluding hydrogens is 195 g/mol. The van der Waals surface area contributed by atoms with Gasteiger partial charge in [-0.3, -0.25) is 0 Å². The zero-order valence-electron chi connectivity index (χ0n) is 7.52. The second-order valence-electron chi connectivity index (χ2n) is 2.90. The average molecular weight is 205 g/mol. The van der Waals surface area contributed by atoms with Gasteiger partial charge >= 0.3 is 6.18 Å². The summed E-state index contributed by atoms with van der Waals surface area (Å²) in [5, 5.41) is 2.19. The number of pyridine rings is 1. The van der Waals surface area contributed by atoms with Crippen LogP contribution >= 0.6 is 0 Å². The maximum Gasteiger partial charge on any atom is 0.405 e. The standard InChI is InChI=1S/C8H10F3N3/c1-5-2-6(12)3-13-7(5)14-4-8(9,10)11/h2-3H,4,12H2,1H3,(H,13,14). The van der Waals surface area contributed by atoms with Gasteiger partial charge in [-0.05, 0) is 18.6 Å². The average Bonchev–Trinajstić information content (AvgIpc) is 2.00. The summed E-state index contributed by atoms with van der Waals surface area (Å²) in [6.07, 6.45) is -2.93. The van der Waals surface area contributed by atoms with E-state index >= 15 is 0 Å². The van der Waals surface area contributed by atoms with Crippen LogP contribution in [0.25, 0.3) is 0 Å². The molecule has 0 unspecified atom stereocenters. The van der Waals surface area contributed by atoms with E-state index in [2.05, 4.69) is 10.3 Å². The molecule has 3 nitrogen and oxygen atoms in total. The number of nitrogens with zero attached hydrogens (tertiary/aromatic N) is 1. The van der Waals surface area contributed by atoms with E-state index in [4.69, 9.17) is 5.73 Å². The third-order valence-electron chi connectivity index (χ3n) is 1.56. The van der Waals surface area contributed by atoms with Crippen molar-refractivity contribution in [2.75, 3.05) is 17.6 Å². The molecular formula is C8H10F3N3. The first-order valence-corrected chi connectivity index (χ1v) is 3.91. The Kier molecular flexibility index (Phi) is 2.83. The third kappa shape index (κ3) is 3.12. The lowest BCUT2D eigenvalue weighted by molar-refractivity contribution is -0.115. The molecule has 0 atom stereocenters. The number of hydrogen-bond donors (Lipinski definition) is 2. The van der Waals surface area contributed by atoms with Gasteiger partial charge in [0.05, 0.1) is 11.9 Å². The van der Waals surface area contributed by atoms with Gasteiger partial charge in [0.1, 0.15) is 12.4 Å². The van der Waals surface area contributed by atoms with Crippen molar-refractivity contribution in [2.45, 2.75) is 13.1 Å². The van der Waals surface area contributed by atoms with Gasteiger partial charge < -0.3 is 11.1 Å². The largest absolute Gasteiger partial charge is 0.405 e. The topological polar surface area (TPSA) is 50.9 Å². The number of rotatable bonds is 2. The number of alkyl halides is 3. The molecule has 1 heterocycles. The lowest BCUT2D eigenvalue weighted by Gasteiger charge is -2.10. The number of nitrogen functional groups attached to an aromatic ring is 1. The fourth-order valence-electron chi connectivity index (χ4n) is 0.966. The number of hydrogen-bond acceptors (Lipinski definition) is 3. The van der Waals surface area contributed by atoms with Crippen molar-refractivity contribution < 1.29 is 13.2 Å². The Balaban J connectivity index is 2.68. The van der Waals surface area contributed by atoms with Gasteiger partial charge in [0.2, 0.25) is 0 Å². The van der Waals surface area contributed by atoms with Crippen LogP contribution < -0.4 is 11.1 Å². The predicted molar refractivity (Wildman–Crippen MR) is 47.9 cm³/mol. The lowest BCUT2D eigenvalue weighted by atomic mass is 10.2. The SMILES string of the molecule is Cc1cc(N)cnc1NCC(F)(F)F. The number of nitrogens with two attached hydrogens (primary N) is 1. The van der Waals surface area contributed by atoms with Crippen molar-refractivity contribution in [1.29, 1.82) is 0 Å². The number of halogens is 3.